The molecule has 0 aromatic carbocycles. The van der Waals surface area contributed by atoms with E-state index in [0.717, 1.165) is 23.9 Å². The summed E-state index contributed by atoms with van der Waals surface area (Å²) >= 11 is 0. The molecule has 3 aromatic rings. The number of H-pyrrole nitrogens is 1. The van der Waals surface area contributed by atoms with E-state index in [1.807, 2.05) is 6.07 Å². The van der Waals surface area contributed by atoms with Gasteiger partial charge < -0.3 is 15.0 Å². The first kappa shape index (κ1) is 16.2. The van der Waals surface area contributed by atoms with Crippen molar-refractivity contribution in [2.45, 2.75) is 30.8 Å². The number of rotatable bonds is 4. The molecular formula is C19H19N5O3. The van der Waals surface area contributed by atoms with E-state index in [0.29, 0.717) is 30.3 Å². The summed E-state index contributed by atoms with van der Waals surface area (Å²) < 4.78 is 7.04. The number of pyridine rings is 1. The van der Waals surface area contributed by atoms with Crippen LogP contribution in [0.5, 0.6) is 0 Å². The summed E-state index contributed by atoms with van der Waals surface area (Å²) in [5, 5.41) is 8.31. The molecule has 2 atom stereocenters. The van der Waals surface area contributed by atoms with Crippen molar-refractivity contribution in [1.29, 1.82) is 0 Å². The zero-order valence-corrected chi connectivity index (χ0v) is 14.6. The van der Waals surface area contributed by atoms with Gasteiger partial charge in [-0.3, -0.25) is 9.59 Å². The summed E-state index contributed by atoms with van der Waals surface area (Å²) in [6.07, 6.45) is 5.55. The molecule has 4 heterocycles. The van der Waals surface area contributed by atoms with Gasteiger partial charge in [0.2, 0.25) is 0 Å². The van der Waals surface area contributed by atoms with Gasteiger partial charge in [-0.2, -0.15) is 5.10 Å². The molecule has 5 rings (SSSR count). The van der Waals surface area contributed by atoms with Crippen LogP contribution in [0.25, 0.3) is 11.0 Å². The maximum Gasteiger partial charge on any atom is 0.267 e. The highest BCUT2D eigenvalue weighted by Gasteiger charge is 2.34. The third-order valence-electron chi connectivity index (χ3n) is 5.22. The van der Waals surface area contributed by atoms with Crippen LogP contribution in [-0.4, -0.2) is 44.9 Å². The first-order valence-electron chi connectivity index (χ1n) is 9.11. The maximum atomic E-state index is 12.8. The average molecular weight is 365 g/mol. The van der Waals surface area contributed by atoms with E-state index in [1.165, 1.54) is 4.68 Å². The Hall–Kier alpha value is -3.00. The lowest BCUT2D eigenvalue weighted by atomic mass is 10.1. The van der Waals surface area contributed by atoms with Crippen LogP contribution >= 0.6 is 0 Å². The average Bonchev–Trinajstić information content (AvgIpc) is 3.28. The van der Waals surface area contributed by atoms with Crippen molar-refractivity contribution >= 4 is 16.9 Å². The van der Waals surface area contributed by atoms with E-state index >= 15 is 0 Å². The highest BCUT2D eigenvalue weighted by atomic mass is 16.5. The number of ether oxygens (including phenoxy) is 1. The molecule has 1 saturated carbocycles. The van der Waals surface area contributed by atoms with Crippen molar-refractivity contribution in [1.82, 2.24) is 25.1 Å². The Kier molecular flexibility index (Phi) is 3.78. The van der Waals surface area contributed by atoms with Gasteiger partial charge in [0, 0.05) is 29.8 Å². The predicted molar refractivity (Wildman–Crippen MR) is 97.7 cm³/mol. The fourth-order valence-corrected chi connectivity index (χ4v) is 3.59. The van der Waals surface area contributed by atoms with Gasteiger partial charge in [0.1, 0.15) is 11.7 Å². The van der Waals surface area contributed by atoms with Crippen molar-refractivity contribution in [3.8, 4) is 0 Å². The van der Waals surface area contributed by atoms with Gasteiger partial charge in [-0.25, -0.2) is 9.67 Å². The fourth-order valence-electron chi connectivity index (χ4n) is 3.59. The van der Waals surface area contributed by atoms with Gasteiger partial charge in [-0.15, -0.1) is 0 Å². The molecule has 2 fully saturated rings. The molecular weight excluding hydrogens is 346 g/mol. The van der Waals surface area contributed by atoms with E-state index in [2.05, 4.69) is 20.4 Å². The molecule has 8 nitrogen and oxygen atoms in total. The molecule has 27 heavy (non-hydrogen) atoms. The fraction of sp³-hybridized carbons (Fsp3) is 0.368. The Balaban J connectivity index is 1.41. The smallest absolute Gasteiger partial charge is 0.267 e. The topological polar surface area (TPSA) is 102 Å². The highest BCUT2D eigenvalue weighted by molar-refractivity contribution is 6.06. The molecule has 3 aromatic heterocycles. The summed E-state index contributed by atoms with van der Waals surface area (Å²) in [5.74, 6) is 0.229. The quantitative estimate of drug-likeness (QED) is 0.727. The van der Waals surface area contributed by atoms with Crippen LogP contribution in [0, 0.1) is 0 Å². The summed E-state index contributed by atoms with van der Waals surface area (Å²) in [6.45, 7) is 0.695. The summed E-state index contributed by atoms with van der Waals surface area (Å²) in [6, 6.07) is 6.37. The van der Waals surface area contributed by atoms with Crippen LogP contribution < -0.4 is 10.9 Å². The Morgan fingerprint density at radius 2 is 2.15 bits per heavy atom. The number of hydrogen-bond acceptors (Lipinski definition) is 5. The van der Waals surface area contributed by atoms with E-state index in [4.69, 9.17) is 4.74 Å². The van der Waals surface area contributed by atoms with Crippen LogP contribution in [0.15, 0.2) is 41.5 Å². The lowest BCUT2D eigenvalue weighted by molar-refractivity contribution is 0.0926. The van der Waals surface area contributed by atoms with Crippen molar-refractivity contribution in [2.75, 3.05) is 13.2 Å². The van der Waals surface area contributed by atoms with Crippen LogP contribution in [0.4, 0.5) is 0 Å². The number of aromatic amines is 1. The predicted octanol–water partition coefficient (Wildman–Crippen LogP) is 1.37. The number of fused-ring (bicyclic) bond motifs is 1. The third kappa shape index (κ3) is 2.91. The molecule has 2 aliphatic rings. The Labute approximate surface area is 154 Å². The second kappa shape index (κ2) is 6.31. The van der Waals surface area contributed by atoms with Crippen molar-refractivity contribution in [3.63, 3.8) is 0 Å². The lowest BCUT2D eigenvalue weighted by Gasteiger charge is -2.20. The Morgan fingerprint density at radius 1 is 1.26 bits per heavy atom. The second-order valence-corrected chi connectivity index (χ2v) is 7.10. The molecule has 1 saturated heterocycles. The summed E-state index contributed by atoms with van der Waals surface area (Å²) in [5.41, 5.74) is 1.95. The Bertz CT molecular complexity index is 1070. The SMILES string of the molecule is O=C(NC1COCC1n1nc(C2CC2)ccc1=O)c1c[nH]c2ncccc12. The number of nitrogens with zero attached hydrogens (tertiary/aromatic N) is 3. The highest BCUT2D eigenvalue weighted by Crippen LogP contribution is 2.38. The van der Waals surface area contributed by atoms with Crippen molar-refractivity contribution in [3.05, 3.63) is 58.3 Å². The van der Waals surface area contributed by atoms with Gasteiger partial charge in [0.05, 0.1) is 30.5 Å². The minimum atomic E-state index is -0.321. The van der Waals surface area contributed by atoms with E-state index in [1.54, 1.807) is 30.6 Å². The zero-order chi connectivity index (χ0) is 18.4. The number of nitrogens with one attached hydrogen (secondary N) is 2. The second-order valence-electron chi connectivity index (χ2n) is 7.10. The standard InChI is InChI=1S/C19H19N5O3/c25-17-6-5-14(11-3-4-11)23-24(17)16-10-27-9-15(16)22-19(26)13-8-21-18-12(13)2-1-7-20-18/h1-2,5-8,11,15-16H,3-4,9-10H2,(H,20,21)(H,22,26). The first-order chi connectivity index (χ1) is 13.2. The van der Waals surface area contributed by atoms with Gasteiger partial charge in [0.15, 0.2) is 0 Å². The van der Waals surface area contributed by atoms with E-state index in [9.17, 15) is 9.59 Å². The molecule has 0 radical (unpaired) electrons. The van der Waals surface area contributed by atoms with Crippen molar-refractivity contribution in [2.24, 2.45) is 0 Å². The van der Waals surface area contributed by atoms with Gasteiger partial charge in [-0.05, 0) is 31.0 Å². The largest absolute Gasteiger partial charge is 0.377 e. The van der Waals surface area contributed by atoms with Crippen LogP contribution in [0.2, 0.25) is 0 Å². The molecule has 2 N–H and O–H groups in total. The first-order valence-corrected chi connectivity index (χ1v) is 9.11. The minimum Gasteiger partial charge on any atom is -0.377 e. The number of amides is 1. The van der Waals surface area contributed by atoms with Crippen LogP contribution in [0.3, 0.4) is 0 Å². The summed E-state index contributed by atoms with van der Waals surface area (Å²) in [4.78, 5) is 32.4. The normalized spacial score (nSPS) is 22.2. The number of carbonyl (C=O) groups is 1. The van der Waals surface area contributed by atoms with Crippen molar-refractivity contribution < 1.29 is 9.53 Å². The van der Waals surface area contributed by atoms with Crippen LogP contribution in [-0.2, 0) is 4.74 Å². The van der Waals surface area contributed by atoms with E-state index in [-0.39, 0.29) is 23.6 Å². The van der Waals surface area contributed by atoms with Gasteiger partial charge in [0.25, 0.3) is 11.5 Å². The summed E-state index contributed by atoms with van der Waals surface area (Å²) in [7, 11) is 0. The molecule has 0 bridgehead atoms. The van der Waals surface area contributed by atoms with Gasteiger partial charge in [-0.1, -0.05) is 0 Å². The molecule has 1 aliphatic heterocycles. The monoisotopic (exact) mass is 365 g/mol. The lowest BCUT2D eigenvalue weighted by Crippen LogP contribution is -2.44. The number of aromatic nitrogens is 4. The Morgan fingerprint density at radius 3 is 3.00 bits per heavy atom. The minimum absolute atomic E-state index is 0.176. The molecule has 1 aliphatic carbocycles. The third-order valence-corrected chi connectivity index (χ3v) is 5.22. The molecule has 1 amide bonds. The molecule has 138 valence electrons. The molecule has 8 heteroatoms. The van der Waals surface area contributed by atoms with Gasteiger partial charge >= 0.3 is 0 Å². The van der Waals surface area contributed by atoms with E-state index < -0.39 is 0 Å². The maximum absolute atomic E-state index is 12.8. The molecule has 2 unspecified atom stereocenters. The van der Waals surface area contributed by atoms with Crippen LogP contribution in [0.1, 0.15) is 40.9 Å². The molecule has 0 spiro atoms. The zero-order valence-electron chi connectivity index (χ0n) is 14.6. The number of hydrogen-bond donors (Lipinski definition) is 2. The number of carbonyl (C=O) groups excluding carboxylic acids is 1.